The van der Waals surface area contributed by atoms with Gasteiger partial charge in [-0.1, -0.05) is 38.2 Å². The van der Waals surface area contributed by atoms with Gasteiger partial charge in [0, 0.05) is 48.0 Å². The summed E-state index contributed by atoms with van der Waals surface area (Å²) in [4.78, 5) is 41.9. The van der Waals surface area contributed by atoms with Gasteiger partial charge < -0.3 is 20.8 Å². The molecular weight excluding hydrogens is 798 g/mol. The maximum absolute atomic E-state index is 13.0. The first-order valence-corrected chi connectivity index (χ1v) is 19.3. The van der Waals surface area contributed by atoms with Gasteiger partial charge in [0.05, 0.1) is 29.3 Å². The van der Waals surface area contributed by atoms with Crippen LogP contribution in [0.4, 0.5) is 37.8 Å². The molecule has 2 aliphatic rings. The van der Waals surface area contributed by atoms with Crippen molar-refractivity contribution in [2.24, 2.45) is 11.0 Å². The molecule has 0 bridgehead atoms. The third-order valence-corrected chi connectivity index (χ3v) is 10.1. The summed E-state index contributed by atoms with van der Waals surface area (Å²) in [7, 11) is 1.56. The molecule has 4 N–H and O–H groups in total. The highest BCUT2D eigenvalue weighted by atomic mass is 19.4. The number of amides is 1. The van der Waals surface area contributed by atoms with Gasteiger partial charge in [-0.2, -0.15) is 31.4 Å². The summed E-state index contributed by atoms with van der Waals surface area (Å²) in [5.74, 6) is -1.59. The molecule has 2 unspecified atom stereocenters. The van der Waals surface area contributed by atoms with E-state index in [-0.39, 0.29) is 40.9 Å². The molecule has 60 heavy (non-hydrogen) atoms. The van der Waals surface area contributed by atoms with Crippen LogP contribution < -0.4 is 15.2 Å². The van der Waals surface area contributed by atoms with Crippen LogP contribution in [0.2, 0.25) is 0 Å². The molecule has 2 atom stereocenters. The van der Waals surface area contributed by atoms with Crippen LogP contribution in [-0.2, 0) is 28.4 Å². The monoisotopic (exact) mass is 843 g/mol. The molecule has 1 aliphatic carbocycles. The number of aryl methyl sites for hydroxylation is 1. The fourth-order valence-corrected chi connectivity index (χ4v) is 7.00. The molecule has 19 heteroatoms. The molecule has 3 aromatic heterocycles. The number of rotatable bonds is 13. The van der Waals surface area contributed by atoms with Crippen LogP contribution >= 0.6 is 0 Å². The molecule has 13 nitrogen and oxygen atoms in total. The van der Waals surface area contributed by atoms with Gasteiger partial charge in [0.25, 0.3) is 11.7 Å². The fourth-order valence-electron chi connectivity index (χ4n) is 7.00. The zero-order valence-corrected chi connectivity index (χ0v) is 33.0. The maximum Gasteiger partial charge on any atom is 0.417 e. The van der Waals surface area contributed by atoms with Crippen LogP contribution in [0.25, 0.3) is 5.82 Å². The number of carbonyl (C=O) groups excluding carboxylic acids is 1. The first kappa shape index (κ1) is 45.0. The van der Waals surface area contributed by atoms with Gasteiger partial charge in [-0.25, -0.2) is 19.4 Å². The number of alkyl halides is 6. The fraction of sp³-hybridized carbons (Fsp3) is 0.390. The van der Waals surface area contributed by atoms with Crippen molar-refractivity contribution >= 4 is 35.1 Å². The number of aliphatic carboxylic acids is 2. The molecule has 1 saturated carbocycles. The number of nitrogens with zero attached hydrogens (tertiary/aromatic N) is 6. The highest BCUT2D eigenvalue weighted by molar-refractivity contribution is 6.20. The van der Waals surface area contributed by atoms with Gasteiger partial charge in [-0.05, 0) is 74.1 Å². The van der Waals surface area contributed by atoms with Crippen LogP contribution in [0.15, 0.2) is 84.0 Å². The van der Waals surface area contributed by atoms with E-state index < -0.39 is 35.4 Å². The molecule has 0 radical (unpaired) electrons. The van der Waals surface area contributed by atoms with Crippen molar-refractivity contribution in [3.05, 3.63) is 107 Å². The van der Waals surface area contributed by atoms with Crippen LogP contribution in [0, 0.1) is 5.92 Å². The van der Waals surface area contributed by atoms with Gasteiger partial charge in [-0.15, -0.1) is 4.59 Å². The second kappa shape index (κ2) is 18.9. The number of nitrogens with one attached hydrogen (secondary N) is 2. The van der Waals surface area contributed by atoms with Crippen LogP contribution in [0.5, 0.6) is 0 Å². The minimum Gasteiger partial charge on any atom is -0.481 e. The minimum atomic E-state index is -4.46. The molecule has 1 aromatic carbocycles. The molecule has 4 heterocycles. The first-order chi connectivity index (χ1) is 28.3. The number of quaternary nitrogens is 1. The van der Waals surface area contributed by atoms with E-state index in [1.807, 2.05) is 25.3 Å². The number of hydrogen-bond acceptors (Lipinski definition) is 8. The predicted molar refractivity (Wildman–Crippen MR) is 210 cm³/mol. The first-order valence-electron chi connectivity index (χ1n) is 19.3. The van der Waals surface area contributed by atoms with E-state index in [1.54, 1.807) is 26.1 Å². The van der Waals surface area contributed by atoms with Crippen LogP contribution in [0.3, 0.4) is 0 Å². The third kappa shape index (κ3) is 11.1. The van der Waals surface area contributed by atoms with E-state index in [4.69, 9.17) is 10.2 Å². The second-order valence-electron chi connectivity index (χ2n) is 14.4. The Balaban J connectivity index is 0.000000274. The Labute approximate surface area is 341 Å². The number of carboxylic acid groups (broad SMARTS) is 2. The van der Waals surface area contributed by atoms with Gasteiger partial charge in [0.2, 0.25) is 0 Å². The lowest BCUT2D eigenvalue weighted by Crippen LogP contribution is -2.32. The number of aromatic nitrogens is 4. The van der Waals surface area contributed by atoms with Gasteiger partial charge in [0.15, 0.2) is 5.82 Å². The van der Waals surface area contributed by atoms with Gasteiger partial charge >= 0.3 is 24.3 Å². The van der Waals surface area contributed by atoms with Gasteiger partial charge in [0.1, 0.15) is 24.5 Å². The smallest absolute Gasteiger partial charge is 0.417 e. The summed E-state index contributed by atoms with van der Waals surface area (Å²) in [5, 5.41) is 33.0. The van der Waals surface area contributed by atoms with Crippen molar-refractivity contribution in [3.8, 4) is 5.82 Å². The van der Waals surface area contributed by atoms with E-state index in [1.165, 1.54) is 29.4 Å². The largest absolute Gasteiger partial charge is 0.481 e. The van der Waals surface area contributed by atoms with E-state index >= 15 is 0 Å². The lowest BCUT2D eigenvalue weighted by molar-refractivity contribution is -0.138. The summed E-state index contributed by atoms with van der Waals surface area (Å²) in [6.45, 7) is 3.80. The Bertz CT molecular complexity index is 2200. The summed E-state index contributed by atoms with van der Waals surface area (Å²) in [5.41, 5.74) is 1.81. The Morgan fingerprint density at radius 3 is 2.00 bits per heavy atom. The lowest BCUT2D eigenvalue weighted by atomic mass is 9.81. The number of pyridine rings is 2. The Hall–Kier alpha value is -6.11. The number of anilines is 1. The highest BCUT2D eigenvalue weighted by Gasteiger charge is 2.38. The van der Waals surface area contributed by atoms with Crippen molar-refractivity contribution in [1.29, 1.82) is 0 Å². The number of benzene rings is 1. The molecular formula is C41H45F6N8O5+. The zero-order chi connectivity index (χ0) is 43.8. The zero-order valence-electron chi connectivity index (χ0n) is 33.0. The average Bonchev–Trinajstić information content (AvgIpc) is 3.82. The van der Waals surface area contributed by atoms with E-state index in [0.717, 1.165) is 61.0 Å². The Morgan fingerprint density at radius 2 is 1.50 bits per heavy atom. The minimum absolute atomic E-state index is 0.0432. The number of carboxylic acids is 2. The van der Waals surface area contributed by atoms with Crippen molar-refractivity contribution < 1.29 is 50.9 Å². The molecule has 0 spiro atoms. The quantitative estimate of drug-likeness (QED) is 0.0760. The SMILES string of the molecule is CCC1=N[N+](C)(c2ccc(C(F)(F)F)cn2)C=C1C(=O)O.CCc1nn(-c2ccc(C(F)(F)F)cn2)cc1C(Nc1ccc(C(=O)NCCC(=O)O)cc1)C1CCCCC1. The predicted octanol–water partition coefficient (Wildman–Crippen LogP) is 8.57. The Kier molecular flexibility index (Phi) is 14.1. The van der Waals surface area contributed by atoms with E-state index in [0.29, 0.717) is 42.0 Å². The lowest BCUT2D eigenvalue weighted by Gasteiger charge is -2.32. The van der Waals surface area contributed by atoms with E-state index in [2.05, 4.69) is 30.8 Å². The van der Waals surface area contributed by atoms with Crippen molar-refractivity contribution in [3.63, 3.8) is 0 Å². The average molecular weight is 844 g/mol. The topological polar surface area (TPSA) is 172 Å². The Morgan fingerprint density at radius 1 is 0.867 bits per heavy atom. The second-order valence-corrected chi connectivity index (χ2v) is 14.4. The highest BCUT2D eigenvalue weighted by Crippen LogP contribution is 2.39. The van der Waals surface area contributed by atoms with Crippen LogP contribution in [-0.4, -0.2) is 67.1 Å². The number of carbonyl (C=O) groups is 3. The van der Waals surface area contributed by atoms with Crippen LogP contribution in [0.1, 0.15) is 97.6 Å². The normalized spacial score (nSPS) is 17.5. The van der Waals surface area contributed by atoms with Crippen molar-refractivity contribution in [2.45, 2.75) is 83.6 Å². The maximum atomic E-state index is 13.0. The summed E-state index contributed by atoms with van der Waals surface area (Å²) in [6, 6.07) is 11.3. The summed E-state index contributed by atoms with van der Waals surface area (Å²) in [6.07, 6.45) is 2.22. The molecule has 6 rings (SSSR count). The van der Waals surface area contributed by atoms with Gasteiger partial charge in [-0.3, -0.25) is 9.59 Å². The van der Waals surface area contributed by atoms with Crippen molar-refractivity contribution in [2.75, 3.05) is 18.9 Å². The molecule has 320 valence electrons. The number of halogens is 6. The summed E-state index contributed by atoms with van der Waals surface area (Å²) < 4.78 is 77.8. The molecule has 1 fully saturated rings. The molecule has 1 aliphatic heterocycles. The standard InChI is InChI=1S/C28H32F3N5O3.C13H12F3N3O2/c1-2-23-22(17-36(35-23)24-13-10-20(16-33-24)28(29,30)31)26(18-6-4-3-5-7-18)34-21-11-8-19(9-12-21)27(39)32-15-14-25(37)38;1-3-10-9(12(20)21)7-19(2,18-10)11-5-4-8(6-17-11)13(14,15)16/h8-13,16-18,26,34H,2-7,14-15H2,1H3,(H,32,39)(H,37,38);4-7H,3H2,1-2H3/p+1. The molecule has 0 saturated heterocycles. The molecule has 4 aromatic rings. The molecule has 1 amide bonds. The van der Waals surface area contributed by atoms with E-state index in [9.17, 15) is 40.7 Å². The summed E-state index contributed by atoms with van der Waals surface area (Å²) >= 11 is 0. The van der Waals surface area contributed by atoms with Crippen molar-refractivity contribution in [1.82, 2.24) is 29.7 Å². The number of hydrogen-bond donors (Lipinski definition) is 4. The third-order valence-electron chi connectivity index (χ3n) is 10.1.